The van der Waals surface area contributed by atoms with Gasteiger partial charge in [-0.1, -0.05) is 24.2 Å². The van der Waals surface area contributed by atoms with E-state index in [1.165, 1.54) is 4.90 Å². The molecule has 0 radical (unpaired) electrons. The normalized spacial score (nSPS) is 23.2. The number of carbonyl (C=O) groups excluding carboxylic acids is 1. The number of carbonyl (C=O) groups is 1. The molecule has 1 aromatic heterocycles. The molecule has 0 spiro atoms. The molecular weight excluding hydrogens is 379 g/mol. The molecule has 156 valence electrons. The minimum absolute atomic E-state index is 0.0143. The van der Waals surface area contributed by atoms with Gasteiger partial charge in [-0.05, 0) is 24.1 Å². The summed E-state index contributed by atoms with van der Waals surface area (Å²) >= 11 is 0. The average Bonchev–Trinajstić information content (AvgIpc) is 3.30. The van der Waals surface area contributed by atoms with Gasteiger partial charge in [-0.15, -0.1) is 5.10 Å². The second-order valence-corrected chi connectivity index (χ2v) is 7.79. The van der Waals surface area contributed by atoms with E-state index in [1.54, 1.807) is 7.11 Å². The highest BCUT2D eigenvalue weighted by molar-refractivity contribution is 5.86. The Balaban J connectivity index is 1.56. The van der Waals surface area contributed by atoms with Crippen LogP contribution in [0.25, 0.3) is 0 Å². The van der Waals surface area contributed by atoms with Crippen molar-refractivity contribution in [1.29, 1.82) is 0 Å². The third-order valence-corrected chi connectivity index (χ3v) is 5.65. The molecule has 29 heavy (non-hydrogen) atoms. The number of halogens is 1. The van der Waals surface area contributed by atoms with Gasteiger partial charge in [0, 0.05) is 26.1 Å². The van der Waals surface area contributed by atoms with Gasteiger partial charge in [0.15, 0.2) is 0 Å². The van der Waals surface area contributed by atoms with Gasteiger partial charge in [0.2, 0.25) is 11.8 Å². The van der Waals surface area contributed by atoms with E-state index < -0.39 is 17.7 Å². The number of alkyl halides is 1. The van der Waals surface area contributed by atoms with Crippen molar-refractivity contribution < 1.29 is 23.4 Å². The predicted molar refractivity (Wildman–Crippen MR) is 103 cm³/mol. The van der Waals surface area contributed by atoms with Crippen molar-refractivity contribution in [3.05, 3.63) is 35.7 Å². The zero-order valence-corrected chi connectivity index (χ0v) is 16.5. The third kappa shape index (κ3) is 3.66. The van der Waals surface area contributed by atoms with Gasteiger partial charge in [-0.2, -0.15) is 0 Å². The highest BCUT2D eigenvalue weighted by Crippen LogP contribution is 2.40. The summed E-state index contributed by atoms with van der Waals surface area (Å²) in [4.78, 5) is 16.7. The summed E-state index contributed by atoms with van der Waals surface area (Å²) in [5, 5.41) is 17.8. The number of aliphatic hydroxyl groups excluding tert-OH is 1. The predicted octanol–water partition coefficient (Wildman–Crippen LogP) is 1.23. The molecule has 1 amide bonds. The number of rotatable bonds is 6. The number of anilines is 1. The molecule has 1 aromatic carbocycles. The molecule has 3 heterocycles. The first-order chi connectivity index (χ1) is 13.9. The van der Waals surface area contributed by atoms with Crippen LogP contribution in [0, 0.1) is 5.41 Å². The van der Waals surface area contributed by atoms with Crippen LogP contribution in [0.15, 0.2) is 28.7 Å². The molecule has 2 saturated heterocycles. The molecule has 8 nitrogen and oxygen atoms in total. The van der Waals surface area contributed by atoms with Crippen LogP contribution in [-0.2, 0) is 17.6 Å². The number of aryl methyl sites for hydroxylation is 1. The summed E-state index contributed by atoms with van der Waals surface area (Å²) < 4.78 is 24.8. The maximum atomic E-state index is 13.8. The van der Waals surface area contributed by atoms with Gasteiger partial charge in [-0.3, -0.25) is 4.79 Å². The standard InChI is InChI=1S/C20H25FN4O4/c1-3-17-22-23-19(29-17)25-11-20(12-25,8-13-5-4-6-14(7-13)28-2)18(27)24-9-15(21)16(26)10-24/h4-7,15-16,26H,3,8-12H2,1-2H3/t15-,16-/m1/s1. The van der Waals surface area contributed by atoms with Crippen molar-refractivity contribution in [2.45, 2.75) is 32.0 Å². The van der Waals surface area contributed by atoms with E-state index in [2.05, 4.69) is 10.2 Å². The van der Waals surface area contributed by atoms with E-state index >= 15 is 0 Å². The molecule has 0 saturated carbocycles. The Morgan fingerprint density at radius 2 is 2.17 bits per heavy atom. The zero-order valence-electron chi connectivity index (χ0n) is 16.5. The van der Waals surface area contributed by atoms with Crippen molar-refractivity contribution in [3.63, 3.8) is 0 Å². The number of hydrogen-bond donors (Lipinski definition) is 1. The molecule has 0 unspecified atom stereocenters. The Morgan fingerprint density at radius 1 is 1.38 bits per heavy atom. The largest absolute Gasteiger partial charge is 0.497 e. The Kier molecular flexibility index (Phi) is 5.16. The maximum absolute atomic E-state index is 13.8. The fourth-order valence-corrected chi connectivity index (χ4v) is 4.08. The van der Waals surface area contributed by atoms with E-state index in [-0.39, 0.29) is 19.0 Å². The molecule has 1 N–H and O–H groups in total. The van der Waals surface area contributed by atoms with E-state index in [0.29, 0.717) is 43.6 Å². The van der Waals surface area contributed by atoms with Crippen LogP contribution in [0.1, 0.15) is 18.4 Å². The topological polar surface area (TPSA) is 91.9 Å². The van der Waals surface area contributed by atoms with Crippen molar-refractivity contribution >= 4 is 11.9 Å². The lowest BCUT2D eigenvalue weighted by Crippen LogP contribution is -2.65. The number of amides is 1. The van der Waals surface area contributed by atoms with Gasteiger partial charge < -0.3 is 24.1 Å². The Morgan fingerprint density at radius 3 is 2.79 bits per heavy atom. The number of methoxy groups -OCH3 is 1. The van der Waals surface area contributed by atoms with Gasteiger partial charge in [0.1, 0.15) is 18.0 Å². The van der Waals surface area contributed by atoms with Crippen LogP contribution in [0.4, 0.5) is 10.4 Å². The van der Waals surface area contributed by atoms with Crippen LogP contribution >= 0.6 is 0 Å². The van der Waals surface area contributed by atoms with Gasteiger partial charge in [0.25, 0.3) is 0 Å². The number of aromatic nitrogens is 2. The first kappa shape index (κ1) is 19.6. The lowest BCUT2D eigenvalue weighted by molar-refractivity contribution is -0.143. The van der Waals surface area contributed by atoms with Crippen LogP contribution in [0.3, 0.4) is 0 Å². The highest BCUT2D eigenvalue weighted by Gasteiger charge is 2.54. The molecule has 2 fully saturated rings. The van der Waals surface area contributed by atoms with Crippen molar-refractivity contribution in [2.24, 2.45) is 5.41 Å². The van der Waals surface area contributed by atoms with E-state index in [9.17, 15) is 14.3 Å². The summed E-state index contributed by atoms with van der Waals surface area (Å²) in [6.45, 7) is 2.63. The smallest absolute Gasteiger partial charge is 0.318 e. The van der Waals surface area contributed by atoms with Crippen molar-refractivity contribution in [1.82, 2.24) is 15.1 Å². The number of likely N-dealkylation sites (tertiary alicyclic amines) is 1. The number of ether oxygens (including phenoxy) is 1. The first-order valence-electron chi connectivity index (χ1n) is 9.76. The fraction of sp³-hybridized carbons (Fsp3) is 0.550. The van der Waals surface area contributed by atoms with E-state index in [1.807, 2.05) is 36.1 Å². The van der Waals surface area contributed by atoms with Crippen molar-refractivity contribution in [2.75, 3.05) is 38.2 Å². The second kappa shape index (κ2) is 7.62. The van der Waals surface area contributed by atoms with E-state index in [0.717, 1.165) is 5.56 Å². The molecule has 2 aliphatic heterocycles. The minimum Gasteiger partial charge on any atom is -0.497 e. The summed E-state index contributed by atoms with van der Waals surface area (Å²) in [5.41, 5.74) is 0.199. The zero-order chi connectivity index (χ0) is 20.6. The number of aliphatic hydroxyl groups is 1. The van der Waals surface area contributed by atoms with Gasteiger partial charge >= 0.3 is 6.01 Å². The third-order valence-electron chi connectivity index (χ3n) is 5.65. The lowest BCUT2D eigenvalue weighted by Gasteiger charge is -2.49. The lowest BCUT2D eigenvalue weighted by atomic mass is 9.73. The minimum atomic E-state index is -1.41. The molecule has 2 atom stereocenters. The Hall–Kier alpha value is -2.68. The summed E-state index contributed by atoms with van der Waals surface area (Å²) in [5.74, 6) is 1.09. The Labute approximate surface area is 168 Å². The maximum Gasteiger partial charge on any atom is 0.318 e. The second-order valence-electron chi connectivity index (χ2n) is 7.79. The Bertz CT molecular complexity index is 873. The number of benzene rings is 1. The molecular formula is C20H25FN4O4. The fourth-order valence-electron chi connectivity index (χ4n) is 4.08. The summed E-state index contributed by atoms with van der Waals surface area (Å²) in [6, 6.07) is 7.96. The molecule has 0 aliphatic carbocycles. The van der Waals surface area contributed by atoms with Crippen LogP contribution in [0.5, 0.6) is 5.75 Å². The molecule has 4 rings (SSSR count). The van der Waals surface area contributed by atoms with Crippen molar-refractivity contribution in [3.8, 4) is 5.75 Å². The highest BCUT2D eigenvalue weighted by atomic mass is 19.1. The number of hydrogen-bond acceptors (Lipinski definition) is 7. The van der Waals surface area contributed by atoms with Crippen LogP contribution in [0.2, 0.25) is 0 Å². The quantitative estimate of drug-likeness (QED) is 0.774. The monoisotopic (exact) mass is 404 g/mol. The molecule has 2 aliphatic rings. The van der Waals surface area contributed by atoms with E-state index in [4.69, 9.17) is 9.15 Å². The number of β-amino-alcohol motifs (C(OH)–C–C–N with tert-alkyl or cyclic N) is 1. The van der Waals surface area contributed by atoms with Crippen LogP contribution < -0.4 is 9.64 Å². The molecule has 0 bridgehead atoms. The first-order valence-corrected chi connectivity index (χ1v) is 9.76. The summed E-state index contributed by atoms with van der Waals surface area (Å²) in [6.07, 6.45) is -1.44. The SMILES string of the molecule is CCc1nnc(N2CC(Cc3cccc(OC)c3)(C(=O)N3C[C@@H](O)[C@H](F)C3)C2)o1. The van der Waals surface area contributed by atoms with Crippen LogP contribution in [-0.4, -0.2) is 71.7 Å². The van der Waals surface area contributed by atoms with Gasteiger partial charge in [-0.25, -0.2) is 4.39 Å². The molecule has 2 aromatic rings. The molecule has 9 heteroatoms. The number of nitrogens with zero attached hydrogens (tertiary/aromatic N) is 4. The average molecular weight is 404 g/mol. The summed E-state index contributed by atoms with van der Waals surface area (Å²) in [7, 11) is 1.60. The van der Waals surface area contributed by atoms with Gasteiger partial charge in [0.05, 0.1) is 19.1 Å².